The molecule has 2 aromatic rings. The number of hydrogen-bond donors (Lipinski definition) is 1. The zero-order chi connectivity index (χ0) is 11.5. The van der Waals surface area contributed by atoms with Gasteiger partial charge in [0.05, 0.1) is 5.69 Å². The van der Waals surface area contributed by atoms with E-state index in [1.165, 1.54) is 10.6 Å². The monoisotopic (exact) mass is 250 g/mol. The summed E-state index contributed by atoms with van der Waals surface area (Å²) in [6.07, 6.45) is 5.04. The number of imidazole rings is 1. The first-order chi connectivity index (χ1) is 7.77. The van der Waals surface area contributed by atoms with Crippen molar-refractivity contribution < 1.29 is 0 Å². The van der Waals surface area contributed by atoms with Gasteiger partial charge in [0, 0.05) is 16.8 Å². The van der Waals surface area contributed by atoms with E-state index >= 15 is 0 Å². The highest BCUT2D eigenvalue weighted by atomic mass is 32.2. The minimum atomic E-state index is 0.762. The second-order valence-corrected chi connectivity index (χ2v) is 4.68. The molecule has 0 amide bonds. The molecule has 0 saturated heterocycles. The molecular formula is C12H14N2S2. The maximum atomic E-state index is 5.33. The minimum Gasteiger partial charge on any atom is -0.337 e. The highest BCUT2D eigenvalue weighted by Crippen LogP contribution is 2.25. The van der Waals surface area contributed by atoms with E-state index in [1.807, 2.05) is 12.3 Å². The molecule has 0 aliphatic rings. The molecule has 0 fully saturated rings. The van der Waals surface area contributed by atoms with Crippen molar-refractivity contribution in [2.75, 3.05) is 6.26 Å². The standard InChI is InChI=1S/C12H14N2S2/c1-3-9-8-13-12(15)14(9)10-6-4-5-7-11(10)16-2/h4-8H,3H2,1-2H3,(H,13,15). The molecule has 0 bridgehead atoms. The number of thioether (sulfide) groups is 1. The van der Waals surface area contributed by atoms with Crippen molar-refractivity contribution in [1.29, 1.82) is 0 Å². The highest BCUT2D eigenvalue weighted by molar-refractivity contribution is 7.98. The Morgan fingerprint density at radius 3 is 2.81 bits per heavy atom. The van der Waals surface area contributed by atoms with E-state index in [0.717, 1.165) is 16.9 Å². The van der Waals surface area contributed by atoms with Gasteiger partial charge in [0.2, 0.25) is 0 Å². The van der Waals surface area contributed by atoms with Crippen LogP contribution >= 0.6 is 24.0 Å². The third-order valence-corrected chi connectivity index (χ3v) is 3.63. The number of nitrogens with one attached hydrogen (secondary N) is 1. The van der Waals surface area contributed by atoms with Gasteiger partial charge in [0.15, 0.2) is 4.77 Å². The molecule has 0 saturated carbocycles. The van der Waals surface area contributed by atoms with E-state index < -0.39 is 0 Å². The molecule has 1 aromatic carbocycles. The molecule has 0 unspecified atom stereocenters. The lowest BCUT2D eigenvalue weighted by atomic mass is 10.3. The van der Waals surface area contributed by atoms with Crippen LogP contribution in [0.5, 0.6) is 0 Å². The number of hydrogen-bond acceptors (Lipinski definition) is 2. The van der Waals surface area contributed by atoms with Crippen LogP contribution in [0.15, 0.2) is 35.4 Å². The maximum Gasteiger partial charge on any atom is 0.182 e. The summed E-state index contributed by atoms with van der Waals surface area (Å²) in [4.78, 5) is 4.35. The average Bonchev–Trinajstić information content (AvgIpc) is 2.70. The van der Waals surface area contributed by atoms with Gasteiger partial charge in [-0.05, 0) is 37.0 Å². The number of H-pyrrole nitrogens is 1. The lowest BCUT2D eigenvalue weighted by molar-refractivity contribution is 0.905. The summed E-state index contributed by atoms with van der Waals surface area (Å²) >= 11 is 7.07. The molecular weight excluding hydrogens is 236 g/mol. The first-order valence-electron chi connectivity index (χ1n) is 5.20. The first kappa shape index (κ1) is 11.5. The van der Waals surface area contributed by atoms with Gasteiger partial charge in [-0.25, -0.2) is 0 Å². The number of para-hydroxylation sites is 1. The van der Waals surface area contributed by atoms with Crippen molar-refractivity contribution >= 4 is 24.0 Å². The van der Waals surface area contributed by atoms with Crippen LogP contribution in [-0.4, -0.2) is 15.8 Å². The van der Waals surface area contributed by atoms with E-state index in [0.29, 0.717) is 0 Å². The van der Waals surface area contributed by atoms with E-state index in [1.54, 1.807) is 11.8 Å². The van der Waals surface area contributed by atoms with E-state index in [9.17, 15) is 0 Å². The molecule has 2 nitrogen and oxygen atoms in total. The normalized spacial score (nSPS) is 10.6. The van der Waals surface area contributed by atoms with E-state index in [4.69, 9.17) is 12.2 Å². The summed E-state index contributed by atoms with van der Waals surface area (Å²) in [5.41, 5.74) is 2.38. The largest absolute Gasteiger partial charge is 0.337 e. The SMILES string of the molecule is CCc1c[nH]c(=S)n1-c1ccccc1SC. The quantitative estimate of drug-likeness (QED) is 0.660. The van der Waals surface area contributed by atoms with Crippen LogP contribution in [-0.2, 0) is 6.42 Å². The molecule has 0 aliphatic heterocycles. The Kier molecular flexibility index (Phi) is 3.51. The fourth-order valence-electron chi connectivity index (χ4n) is 1.74. The Bertz CT molecular complexity index is 540. The second kappa shape index (κ2) is 4.89. The van der Waals surface area contributed by atoms with Crippen molar-refractivity contribution in [2.45, 2.75) is 18.2 Å². The van der Waals surface area contributed by atoms with Crippen molar-refractivity contribution in [3.05, 3.63) is 40.9 Å². The summed E-state index contributed by atoms with van der Waals surface area (Å²) in [6.45, 7) is 2.14. The van der Waals surface area contributed by atoms with Crippen molar-refractivity contribution in [2.24, 2.45) is 0 Å². The average molecular weight is 250 g/mol. The van der Waals surface area contributed by atoms with Gasteiger partial charge in [0.25, 0.3) is 0 Å². The summed E-state index contributed by atoms with van der Waals surface area (Å²) in [5, 5.41) is 0. The minimum absolute atomic E-state index is 0.762. The summed E-state index contributed by atoms with van der Waals surface area (Å²) < 4.78 is 2.87. The Morgan fingerprint density at radius 2 is 2.12 bits per heavy atom. The maximum absolute atomic E-state index is 5.33. The molecule has 4 heteroatoms. The fraction of sp³-hybridized carbons (Fsp3) is 0.250. The molecule has 84 valence electrons. The van der Waals surface area contributed by atoms with Crippen LogP contribution in [0.4, 0.5) is 0 Å². The number of benzene rings is 1. The van der Waals surface area contributed by atoms with Crippen LogP contribution < -0.4 is 0 Å². The number of rotatable bonds is 3. The molecule has 2 rings (SSSR count). The zero-order valence-electron chi connectivity index (χ0n) is 9.36. The Hall–Kier alpha value is -1.00. The van der Waals surface area contributed by atoms with Gasteiger partial charge in [-0.1, -0.05) is 19.1 Å². The fourth-order valence-corrected chi connectivity index (χ4v) is 2.60. The van der Waals surface area contributed by atoms with Crippen LogP contribution in [0, 0.1) is 4.77 Å². The summed E-state index contributed by atoms with van der Waals surface area (Å²) in [5.74, 6) is 0. The smallest absolute Gasteiger partial charge is 0.182 e. The lowest BCUT2D eigenvalue weighted by Gasteiger charge is -2.10. The number of aryl methyl sites for hydroxylation is 1. The lowest BCUT2D eigenvalue weighted by Crippen LogP contribution is -2.00. The number of aromatic nitrogens is 2. The predicted octanol–water partition coefficient (Wildman–Crippen LogP) is 3.82. The van der Waals surface area contributed by atoms with Crippen molar-refractivity contribution in [3.63, 3.8) is 0 Å². The third kappa shape index (κ3) is 1.95. The number of aromatic amines is 1. The van der Waals surface area contributed by atoms with Gasteiger partial charge in [-0.2, -0.15) is 0 Å². The molecule has 1 heterocycles. The van der Waals surface area contributed by atoms with E-state index in [-0.39, 0.29) is 0 Å². The van der Waals surface area contributed by atoms with Crippen molar-refractivity contribution in [3.8, 4) is 5.69 Å². The topological polar surface area (TPSA) is 20.7 Å². The zero-order valence-corrected chi connectivity index (χ0v) is 11.0. The van der Waals surface area contributed by atoms with Gasteiger partial charge in [-0.15, -0.1) is 11.8 Å². The van der Waals surface area contributed by atoms with E-state index in [2.05, 4.69) is 40.9 Å². The van der Waals surface area contributed by atoms with Gasteiger partial charge < -0.3 is 4.98 Å². The van der Waals surface area contributed by atoms with Crippen LogP contribution in [0.1, 0.15) is 12.6 Å². The molecule has 0 aliphatic carbocycles. The van der Waals surface area contributed by atoms with Crippen LogP contribution in [0.3, 0.4) is 0 Å². The molecule has 1 aromatic heterocycles. The summed E-state index contributed by atoms with van der Waals surface area (Å²) in [6, 6.07) is 8.32. The van der Waals surface area contributed by atoms with Gasteiger partial charge in [-0.3, -0.25) is 4.57 Å². The molecule has 16 heavy (non-hydrogen) atoms. The van der Waals surface area contributed by atoms with Crippen molar-refractivity contribution in [1.82, 2.24) is 9.55 Å². The third-order valence-electron chi connectivity index (χ3n) is 2.54. The molecule has 0 spiro atoms. The number of nitrogens with zero attached hydrogens (tertiary/aromatic N) is 1. The second-order valence-electron chi connectivity index (χ2n) is 3.45. The molecule has 1 N–H and O–H groups in total. The molecule has 0 atom stereocenters. The predicted molar refractivity (Wildman–Crippen MR) is 72.1 cm³/mol. The van der Waals surface area contributed by atoms with Gasteiger partial charge >= 0.3 is 0 Å². The Labute approximate surface area is 105 Å². The van der Waals surface area contributed by atoms with Crippen LogP contribution in [0.25, 0.3) is 5.69 Å². The van der Waals surface area contributed by atoms with Gasteiger partial charge in [0.1, 0.15) is 0 Å². The highest BCUT2D eigenvalue weighted by Gasteiger charge is 2.08. The first-order valence-corrected chi connectivity index (χ1v) is 6.84. The van der Waals surface area contributed by atoms with Crippen LogP contribution in [0.2, 0.25) is 0 Å². The Morgan fingerprint density at radius 1 is 1.38 bits per heavy atom. The Balaban J connectivity index is 2.66. The summed E-state index contributed by atoms with van der Waals surface area (Å²) in [7, 11) is 0. The molecule has 0 radical (unpaired) electrons.